The maximum atomic E-state index is 13.3. The van der Waals surface area contributed by atoms with Crippen molar-refractivity contribution in [2.24, 2.45) is 0 Å². The Morgan fingerprint density at radius 2 is 1.82 bits per heavy atom. The zero-order valence-corrected chi connectivity index (χ0v) is 18.0. The average Bonchev–Trinajstić information content (AvgIpc) is 3.07. The van der Waals surface area contributed by atoms with Crippen LogP contribution in [0.15, 0.2) is 58.0 Å². The molecule has 0 saturated carbocycles. The van der Waals surface area contributed by atoms with Crippen molar-refractivity contribution in [1.82, 2.24) is 14.2 Å². The van der Waals surface area contributed by atoms with Crippen LogP contribution in [0, 0.1) is 0 Å². The lowest BCUT2D eigenvalue weighted by molar-refractivity contribution is 0.234. The Morgan fingerprint density at radius 3 is 2.50 bits per heavy atom. The molecule has 0 radical (unpaired) electrons. The van der Waals surface area contributed by atoms with Gasteiger partial charge in [0.2, 0.25) is 0 Å². The number of nitrogens with one attached hydrogen (secondary N) is 1. The summed E-state index contributed by atoms with van der Waals surface area (Å²) in [6.07, 6.45) is 1.76. The average molecular weight is 464 g/mol. The quantitative estimate of drug-likeness (QED) is 0.629. The van der Waals surface area contributed by atoms with Crippen LogP contribution in [0.4, 0.5) is 0 Å². The summed E-state index contributed by atoms with van der Waals surface area (Å²) in [5.41, 5.74) is 1.69. The highest BCUT2D eigenvalue weighted by atomic mass is 79.9. The van der Waals surface area contributed by atoms with Crippen molar-refractivity contribution in [2.45, 2.75) is 11.4 Å². The minimum Gasteiger partial charge on any atom is -0.497 e. The molecule has 1 fully saturated rings. The van der Waals surface area contributed by atoms with Gasteiger partial charge in [0.05, 0.1) is 17.5 Å². The molecule has 28 heavy (non-hydrogen) atoms. The highest BCUT2D eigenvalue weighted by Crippen LogP contribution is 2.30. The standard InChI is InChI=1S/C20H22BrN3O3S/c1-27-17-3-5-18(6-4-17)28(25,26)24-14-15(13-23-10-8-22-9-11-23)19-12-16(21)2-7-20(19)24/h2-7,12,14,22H,8-11,13H2,1H3. The van der Waals surface area contributed by atoms with Gasteiger partial charge in [0.25, 0.3) is 10.0 Å². The number of methoxy groups -OCH3 is 1. The lowest BCUT2D eigenvalue weighted by atomic mass is 10.1. The van der Waals surface area contributed by atoms with Crippen LogP contribution in [0.1, 0.15) is 5.56 Å². The van der Waals surface area contributed by atoms with Gasteiger partial charge in [-0.3, -0.25) is 4.90 Å². The summed E-state index contributed by atoms with van der Waals surface area (Å²) in [5, 5.41) is 4.30. The zero-order valence-electron chi connectivity index (χ0n) is 15.6. The molecular formula is C20H22BrN3O3S. The number of aromatic nitrogens is 1. The summed E-state index contributed by atoms with van der Waals surface area (Å²) < 4.78 is 34.1. The molecule has 0 spiro atoms. The van der Waals surface area contributed by atoms with Gasteiger partial charge in [-0.15, -0.1) is 0 Å². The Labute approximate surface area is 173 Å². The van der Waals surface area contributed by atoms with Gasteiger partial charge < -0.3 is 10.1 Å². The van der Waals surface area contributed by atoms with Crippen LogP contribution >= 0.6 is 15.9 Å². The molecule has 148 valence electrons. The SMILES string of the molecule is COc1ccc(S(=O)(=O)n2cc(CN3CCNCC3)c3cc(Br)ccc32)cc1. The number of nitrogens with zero attached hydrogens (tertiary/aromatic N) is 2. The number of piperazine rings is 1. The van der Waals surface area contributed by atoms with Crippen LogP contribution in [0.25, 0.3) is 10.9 Å². The van der Waals surface area contributed by atoms with Gasteiger partial charge in [0.1, 0.15) is 5.75 Å². The van der Waals surface area contributed by atoms with Crippen LogP contribution in [-0.4, -0.2) is 50.6 Å². The molecular weight excluding hydrogens is 442 g/mol. The molecule has 1 saturated heterocycles. The predicted octanol–water partition coefficient (Wildman–Crippen LogP) is 3.05. The van der Waals surface area contributed by atoms with E-state index in [1.54, 1.807) is 37.6 Å². The molecule has 4 rings (SSSR count). The second-order valence-electron chi connectivity index (χ2n) is 6.82. The highest BCUT2D eigenvalue weighted by molar-refractivity contribution is 9.10. The van der Waals surface area contributed by atoms with Gasteiger partial charge in [-0.05, 0) is 48.0 Å². The summed E-state index contributed by atoms with van der Waals surface area (Å²) in [7, 11) is -2.15. The zero-order chi connectivity index (χ0) is 19.7. The molecule has 0 atom stereocenters. The van der Waals surface area contributed by atoms with Crippen molar-refractivity contribution in [3.8, 4) is 5.75 Å². The van der Waals surface area contributed by atoms with Crippen molar-refractivity contribution >= 4 is 36.9 Å². The van der Waals surface area contributed by atoms with Gasteiger partial charge in [-0.2, -0.15) is 0 Å². The molecule has 1 aromatic heterocycles. The first kappa shape index (κ1) is 19.4. The molecule has 6 nitrogen and oxygen atoms in total. The number of hydrogen-bond donors (Lipinski definition) is 1. The molecule has 0 bridgehead atoms. The van der Waals surface area contributed by atoms with E-state index < -0.39 is 10.0 Å². The molecule has 1 N–H and O–H groups in total. The Bertz CT molecular complexity index is 1090. The molecule has 2 heterocycles. The lowest BCUT2D eigenvalue weighted by Gasteiger charge is -2.26. The van der Waals surface area contributed by atoms with E-state index in [1.807, 2.05) is 18.2 Å². The maximum Gasteiger partial charge on any atom is 0.268 e. The first-order valence-corrected chi connectivity index (χ1v) is 11.3. The second-order valence-corrected chi connectivity index (χ2v) is 9.55. The van der Waals surface area contributed by atoms with Gasteiger partial charge in [0.15, 0.2) is 0 Å². The molecule has 2 aromatic carbocycles. The van der Waals surface area contributed by atoms with E-state index in [1.165, 1.54) is 3.97 Å². The van der Waals surface area contributed by atoms with Crippen molar-refractivity contribution in [2.75, 3.05) is 33.3 Å². The topological polar surface area (TPSA) is 63.6 Å². The largest absolute Gasteiger partial charge is 0.497 e. The Hall–Kier alpha value is -1.87. The van der Waals surface area contributed by atoms with Crippen LogP contribution < -0.4 is 10.1 Å². The van der Waals surface area contributed by atoms with Crippen LogP contribution in [0.2, 0.25) is 0 Å². The molecule has 0 unspecified atom stereocenters. The maximum absolute atomic E-state index is 13.3. The second kappa shape index (κ2) is 7.87. The Morgan fingerprint density at radius 1 is 1.11 bits per heavy atom. The molecule has 1 aliphatic heterocycles. The van der Waals surface area contributed by atoms with E-state index in [-0.39, 0.29) is 4.90 Å². The van der Waals surface area contributed by atoms with Crippen LogP contribution in [0.5, 0.6) is 5.75 Å². The fourth-order valence-corrected chi connectivity index (χ4v) is 5.29. The van der Waals surface area contributed by atoms with Gasteiger partial charge in [-0.25, -0.2) is 12.4 Å². The monoisotopic (exact) mass is 463 g/mol. The number of halogens is 1. The van der Waals surface area contributed by atoms with E-state index >= 15 is 0 Å². The minimum absolute atomic E-state index is 0.238. The molecule has 0 aliphatic carbocycles. The first-order valence-electron chi connectivity index (χ1n) is 9.11. The Balaban J connectivity index is 1.79. The number of fused-ring (bicyclic) bond motifs is 1. The van der Waals surface area contributed by atoms with E-state index in [0.717, 1.165) is 48.1 Å². The number of rotatable bonds is 5. The predicted molar refractivity (Wildman–Crippen MR) is 113 cm³/mol. The van der Waals surface area contributed by atoms with E-state index in [4.69, 9.17) is 4.74 Å². The van der Waals surface area contributed by atoms with E-state index in [0.29, 0.717) is 11.3 Å². The number of hydrogen-bond acceptors (Lipinski definition) is 5. The molecule has 0 amide bonds. The summed E-state index contributed by atoms with van der Waals surface area (Å²) in [6.45, 7) is 4.52. The number of benzene rings is 2. The summed E-state index contributed by atoms with van der Waals surface area (Å²) in [5.74, 6) is 0.625. The fraction of sp³-hybridized carbons (Fsp3) is 0.300. The lowest BCUT2D eigenvalue weighted by Crippen LogP contribution is -2.42. The normalized spacial score (nSPS) is 15.8. The summed E-state index contributed by atoms with van der Waals surface area (Å²) >= 11 is 3.52. The van der Waals surface area contributed by atoms with Crippen molar-refractivity contribution in [3.05, 3.63) is 58.7 Å². The summed E-state index contributed by atoms with van der Waals surface area (Å²) in [6, 6.07) is 12.2. The van der Waals surface area contributed by atoms with Gasteiger partial charge >= 0.3 is 0 Å². The van der Waals surface area contributed by atoms with Crippen LogP contribution in [-0.2, 0) is 16.6 Å². The molecule has 8 heteroatoms. The highest BCUT2D eigenvalue weighted by Gasteiger charge is 2.22. The molecule has 3 aromatic rings. The third-order valence-corrected chi connectivity index (χ3v) is 7.22. The summed E-state index contributed by atoms with van der Waals surface area (Å²) in [4.78, 5) is 2.58. The third-order valence-electron chi connectivity index (χ3n) is 5.03. The molecule has 1 aliphatic rings. The van der Waals surface area contributed by atoms with Crippen molar-refractivity contribution in [3.63, 3.8) is 0 Å². The van der Waals surface area contributed by atoms with Crippen molar-refractivity contribution in [1.29, 1.82) is 0 Å². The van der Waals surface area contributed by atoms with Gasteiger partial charge in [-0.1, -0.05) is 15.9 Å². The minimum atomic E-state index is -3.71. The smallest absolute Gasteiger partial charge is 0.268 e. The number of ether oxygens (including phenoxy) is 1. The van der Waals surface area contributed by atoms with E-state index in [9.17, 15) is 8.42 Å². The first-order chi connectivity index (χ1) is 13.5. The third kappa shape index (κ3) is 3.69. The van der Waals surface area contributed by atoms with Crippen LogP contribution in [0.3, 0.4) is 0 Å². The Kier molecular flexibility index (Phi) is 5.46. The van der Waals surface area contributed by atoms with Gasteiger partial charge in [0, 0.05) is 48.8 Å². The van der Waals surface area contributed by atoms with Crippen molar-refractivity contribution < 1.29 is 13.2 Å². The van der Waals surface area contributed by atoms with E-state index in [2.05, 4.69) is 26.1 Å². The fourth-order valence-electron chi connectivity index (χ4n) is 3.53.